The van der Waals surface area contributed by atoms with Gasteiger partial charge in [0, 0.05) is 11.3 Å². The van der Waals surface area contributed by atoms with Gasteiger partial charge in [-0.25, -0.2) is 0 Å². The lowest BCUT2D eigenvalue weighted by atomic mass is 9.80. The van der Waals surface area contributed by atoms with Crippen molar-refractivity contribution in [1.82, 2.24) is 0 Å². The van der Waals surface area contributed by atoms with E-state index in [1.54, 1.807) is 6.08 Å². The predicted octanol–water partition coefficient (Wildman–Crippen LogP) is 2.78. The van der Waals surface area contributed by atoms with Crippen molar-refractivity contribution in [3.05, 3.63) is 41.8 Å². The summed E-state index contributed by atoms with van der Waals surface area (Å²) in [5, 5.41) is 1.84. The second kappa shape index (κ2) is 9.60. The second-order valence-corrected chi connectivity index (χ2v) is 6.43. The van der Waals surface area contributed by atoms with Gasteiger partial charge in [-0.15, -0.1) is 0 Å². The molecule has 0 aromatic heterocycles. The first kappa shape index (κ1) is 19.5. The van der Waals surface area contributed by atoms with Gasteiger partial charge in [0.25, 0.3) is 0 Å². The number of rotatable bonds is 8. The van der Waals surface area contributed by atoms with Crippen LogP contribution in [0.3, 0.4) is 0 Å². The zero-order valence-electron chi connectivity index (χ0n) is 14.3. The van der Waals surface area contributed by atoms with Crippen LogP contribution < -0.4 is 0 Å². The number of carbonyl (C=O) groups is 2. The molecule has 1 aliphatic rings. The summed E-state index contributed by atoms with van der Waals surface area (Å²) in [6, 6.07) is 9.78. The van der Waals surface area contributed by atoms with Crippen molar-refractivity contribution in [3.8, 4) is 0 Å². The van der Waals surface area contributed by atoms with E-state index in [1.165, 1.54) is 26.0 Å². The van der Waals surface area contributed by atoms with Crippen molar-refractivity contribution in [2.75, 3.05) is 27.4 Å². The number of hydrogen-bond acceptors (Lipinski definition) is 7. The van der Waals surface area contributed by atoms with Crippen molar-refractivity contribution >= 4 is 23.7 Å². The van der Waals surface area contributed by atoms with E-state index in [1.807, 2.05) is 35.7 Å². The molecule has 1 aromatic carbocycles. The van der Waals surface area contributed by atoms with E-state index < -0.39 is 23.6 Å². The number of carbonyl (C=O) groups excluding carboxylic acids is 2. The van der Waals surface area contributed by atoms with Crippen LogP contribution in [-0.2, 0) is 28.5 Å². The van der Waals surface area contributed by atoms with Crippen LogP contribution >= 0.6 is 11.8 Å². The maximum absolute atomic E-state index is 12.4. The van der Waals surface area contributed by atoms with Crippen LogP contribution in [0.25, 0.3) is 0 Å². The van der Waals surface area contributed by atoms with Crippen LogP contribution in [0.5, 0.6) is 0 Å². The van der Waals surface area contributed by atoms with Crippen LogP contribution in [-0.4, -0.2) is 45.7 Å². The largest absolute Gasteiger partial charge is 0.468 e. The Labute approximate surface area is 151 Å². The van der Waals surface area contributed by atoms with E-state index in [0.717, 1.165) is 4.90 Å². The van der Waals surface area contributed by atoms with Gasteiger partial charge in [-0.2, -0.15) is 0 Å². The second-order valence-electron chi connectivity index (χ2n) is 5.45. The van der Waals surface area contributed by atoms with Crippen molar-refractivity contribution < 1.29 is 28.5 Å². The topological polar surface area (TPSA) is 71.1 Å². The highest BCUT2D eigenvalue weighted by Gasteiger charge is 2.50. The van der Waals surface area contributed by atoms with Gasteiger partial charge in [0.05, 0.1) is 27.4 Å². The fourth-order valence-electron chi connectivity index (χ4n) is 2.58. The molecular formula is C18H22O6S. The molecule has 2 rings (SSSR count). The first-order chi connectivity index (χ1) is 12.1. The Morgan fingerprint density at radius 3 is 2.32 bits per heavy atom. The zero-order chi connectivity index (χ0) is 18.1. The molecular weight excluding hydrogens is 344 g/mol. The van der Waals surface area contributed by atoms with Crippen LogP contribution in [0, 0.1) is 5.41 Å². The summed E-state index contributed by atoms with van der Waals surface area (Å²) in [5.74, 6) is -1.32. The molecule has 6 nitrogen and oxygen atoms in total. The summed E-state index contributed by atoms with van der Waals surface area (Å²) in [6.45, 7) is 0.867. The fourth-order valence-corrected chi connectivity index (χ4v) is 3.24. The third-order valence-corrected chi connectivity index (χ3v) is 4.74. The lowest BCUT2D eigenvalue weighted by Crippen LogP contribution is -2.43. The van der Waals surface area contributed by atoms with Crippen LogP contribution in [0.4, 0.5) is 0 Å². The van der Waals surface area contributed by atoms with Gasteiger partial charge in [-0.05, 0) is 24.0 Å². The molecule has 1 aliphatic heterocycles. The van der Waals surface area contributed by atoms with Gasteiger partial charge < -0.3 is 18.9 Å². The SMILES string of the molecule is COC(=O)C(C/C=C/Sc1ccccc1)(CC1OCCO1)C(=O)OC. The summed E-state index contributed by atoms with van der Waals surface area (Å²) < 4.78 is 20.6. The van der Waals surface area contributed by atoms with Gasteiger partial charge in [-0.1, -0.05) is 36.0 Å². The minimum atomic E-state index is -1.49. The van der Waals surface area contributed by atoms with Crippen LogP contribution in [0.2, 0.25) is 0 Å². The Hall–Kier alpha value is -1.83. The summed E-state index contributed by atoms with van der Waals surface area (Å²) in [4.78, 5) is 25.9. The minimum absolute atomic E-state index is 0.0483. The molecule has 1 heterocycles. The van der Waals surface area contributed by atoms with Crippen molar-refractivity contribution in [2.24, 2.45) is 5.41 Å². The Morgan fingerprint density at radius 2 is 1.76 bits per heavy atom. The maximum atomic E-state index is 12.4. The minimum Gasteiger partial charge on any atom is -0.468 e. The zero-order valence-corrected chi connectivity index (χ0v) is 15.1. The highest BCUT2D eigenvalue weighted by Crippen LogP contribution is 2.35. The smallest absolute Gasteiger partial charge is 0.323 e. The van der Waals surface area contributed by atoms with E-state index in [2.05, 4.69) is 0 Å². The number of allylic oxidation sites excluding steroid dienone is 1. The van der Waals surface area contributed by atoms with Gasteiger partial charge in [0.2, 0.25) is 0 Å². The van der Waals surface area contributed by atoms with E-state index in [0.29, 0.717) is 13.2 Å². The lowest BCUT2D eigenvalue weighted by molar-refractivity contribution is -0.176. The molecule has 0 radical (unpaired) electrons. The Morgan fingerprint density at radius 1 is 1.16 bits per heavy atom. The number of methoxy groups -OCH3 is 2. The number of ether oxygens (including phenoxy) is 4. The molecule has 0 unspecified atom stereocenters. The molecule has 7 heteroatoms. The molecule has 1 aromatic rings. The molecule has 0 saturated carbocycles. The first-order valence-electron chi connectivity index (χ1n) is 7.89. The summed E-state index contributed by atoms with van der Waals surface area (Å²) >= 11 is 1.50. The van der Waals surface area contributed by atoms with E-state index >= 15 is 0 Å². The molecule has 0 bridgehead atoms. The quantitative estimate of drug-likeness (QED) is 0.398. The van der Waals surface area contributed by atoms with Gasteiger partial charge in [-0.3, -0.25) is 9.59 Å². The summed E-state index contributed by atoms with van der Waals surface area (Å²) in [6.07, 6.45) is 1.32. The predicted molar refractivity (Wildman–Crippen MR) is 92.8 cm³/mol. The number of hydrogen-bond donors (Lipinski definition) is 0. The standard InChI is InChI=1S/C18H22O6S/c1-21-16(19)18(17(20)22-2,13-15-23-10-11-24-15)9-6-12-25-14-7-4-3-5-8-14/h3-8,12,15H,9-11,13H2,1-2H3/b12-6+. The molecule has 0 amide bonds. The molecule has 0 atom stereocenters. The normalized spacial score (nSPS) is 15.4. The molecule has 0 N–H and O–H groups in total. The molecule has 0 aliphatic carbocycles. The Kier molecular flexibility index (Phi) is 7.49. The molecule has 1 fully saturated rings. The number of thioether (sulfide) groups is 1. The highest BCUT2D eigenvalue weighted by molar-refractivity contribution is 8.02. The first-order valence-corrected chi connectivity index (χ1v) is 8.77. The lowest BCUT2D eigenvalue weighted by Gasteiger charge is -2.28. The van der Waals surface area contributed by atoms with Crippen molar-refractivity contribution in [2.45, 2.75) is 24.0 Å². The Bertz CT molecular complexity index is 579. The number of benzene rings is 1. The molecule has 25 heavy (non-hydrogen) atoms. The fraction of sp³-hybridized carbons (Fsp3) is 0.444. The van der Waals surface area contributed by atoms with Gasteiger partial charge >= 0.3 is 11.9 Å². The van der Waals surface area contributed by atoms with E-state index in [9.17, 15) is 9.59 Å². The van der Waals surface area contributed by atoms with Crippen molar-refractivity contribution in [1.29, 1.82) is 0 Å². The average molecular weight is 366 g/mol. The van der Waals surface area contributed by atoms with Crippen molar-refractivity contribution in [3.63, 3.8) is 0 Å². The van der Waals surface area contributed by atoms with Crippen LogP contribution in [0.1, 0.15) is 12.8 Å². The Balaban J connectivity index is 2.13. The van der Waals surface area contributed by atoms with Gasteiger partial charge in [0.15, 0.2) is 11.7 Å². The summed E-state index contributed by atoms with van der Waals surface area (Å²) in [7, 11) is 2.50. The third-order valence-electron chi connectivity index (χ3n) is 3.87. The highest BCUT2D eigenvalue weighted by atomic mass is 32.2. The molecule has 136 valence electrons. The monoisotopic (exact) mass is 366 g/mol. The summed E-state index contributed by atoms with van der Waals surface area (Å²) in [5.41, 5.74) is -1.49. The molecule has 1 saturated heterocycles. The average Bonchev–Trinajstić information content (AvgIpc) is 3.16. The number of esters is 2. The van der Waals surface area contributed by atoms with E-state index in [4.69, 9.17) is 18.9 Å². The maximum Gasteiger partial charge on any atom is 0.323 e. The molecule has 0 spiro atoms. The van der Waals surface area contributed by atoms with Gasteiger partial charge in [0.1, 0.15) is 0 Å². The van der Waals surface area contributed by atoms with Crippen LogP contribution in [0.15, 0.2) is 46.7 Å². The van der Waals surface area contributed by atoms with E-state index in [-0.39, 0.29) is 12.8 Å². The third kappa shape index (κ3) is 5.07.